The van der Waals surface area contributed by atoms with E-state index < -0.39 is 0 Å². The van der Waals surface area contributed by atoms with Crippen molar-refractivity contribution in [3.63, 3.8) is 0 Å². The lowest BCUT2D eigenvalue weighted by atomic mass is 10.1. The number of rotatable bonds is 6. The van der Waals surface area contributed by atoms with Gasteiger partial charge in [0.15, 0.2) is 0 Å². The van der Waals surface area contributed by atoms with E-state index in [2.05, 4.69) is 17.2 Å². The second kappa shape index (κ2) is 8.43. The first-order chi connectivity index (χ1) is 12.6. The van der Waals surface area contributed by atoms with Gasteiger partial charge in [-0.05, 0) is 42.8 Å². The Kier molecular flexibility index (Phi) is 6.01. The van der Waals surface area contributed by atoms with Gasteiger partial charge in [-0.25, -0.2) is 4.98 Å². The predicted octanol–water partition coefficient (Wildman–Crippen LogP) is 5.33. The molecule has 0 radical (unpaired) electrons. The number of halogens is 1. The molecule has 1 heterocycles. The van der Waals surface area contributed by atoms with E-state index in [9.17, 15) is 4.79 Å². The molecule has 1 N–H and O–H groups in total. The van der Waals surface area contributed by atoms with Crippen molar-refractivity contribution in [3.05, 3.63) is 59.1 Å². The average Bonchev–Trinajstić information content (AvgIpc) is 2.61. The lowest BCUT2D eigenvalue weighted by molar-refractivity contribution is -0.115. The van der Waals surface area contributed by atoms with E-state index in [1.165, 1.54) is 0 Å². The number of amides is 1. The fourth-order valence-corrected chi connectivity index (χ4v) is 3.74. The van der Waals surface area contributed by atoms with E-state index in [-0.39, 0.29) is 5.91 Å². The molecule has 4 nitrogen and oxygen atoms in total. The third-order valence-corrected chi connectivity index (χ3v) is 5.04. The van der Waals surface area contributed by atoms with Gasteiger partial charge in [-0.2, -0.15) is 0 Å². The van der Waals surface area contributed by atoms with Crippen LogP contribution in [-0.4, -0.2) is 23.8 Å². The van der Waals surface area contributed by atoms with Gasteiger partial charge in [0.2, 0.25) is 5.91 Å². The van der Waals surface area contributed by atoms with Gasteiger partial charge in [0.05, 0.1) is 12.1 Å². The molecule has 0 bridgehead atoms. The van der Waals surface area contributed by atoms with Crippen LogP contribution in [0.5, 0.6) is 5.75 Å². The number of ether oxygens (including phenoxy) is 1. The van der Waals surface area contributed by atoms with Gasteiger partial charge >= 0.3 is 0 Å². The number of aromatic nitrogens is 1. The second-order valence-electron chi connectivity index (χ2n) is 5.79. The number of carbonyl (C=O) groups excluding carboxylic acids is 1. The van der Waals surface area contributed by atoms with E-state index in [1.807, 2.05) is 36.4 Å². The zero-order chi connectivity index (χ0) is 18.5. The number of anilines is 1. The van der Waals surface area contributed by atoms with Crippen LogP contribution < -0.4 is 10.1 Å². The number of hydrogen-bond donors (Lipinski definition) is 1. The number of pyridine rings is 1. The van der Waals surface area contributed by atoms with Crippen molar-refractivity contribution >= 4 is 45.9 Å². The first-order valence-electron chi connectivity index (χ1n) is 8.19. The Morgan fingerprint density at radius 3 is 2.81 bits per heavy atom. The summed E-state index contributed by atoms with van der Waals surface area (Å²) in [6.07, 6.45) is 0.391. The quantitative estimate of drug-likeness (QED) is 0.582. The second-order valence-corrected chi connectivity index (χ2v) is 7.34. The molecule has 0 saturated heterocycles. The van der Waals surface area contributed by atoms with Crippen LogP contribution in [0.15, 0.2) is 53.6 Å². The van der Waals surface area contributed by atoms with Crippen molar-refractivity contribution < 1.29 is 9.53 Å². The van der Waals surface area contributed by atoms with Gasteiger partial charge in [0.1, 0.15) is 11.3 Å². The van der Waals surface area contributed by atoms with Crippen LogP contribution in [-0.2, 0) is 4.79 Å². The minimum atomic E-state index is -0.0464. The molecule has 26 heavy (non-hydrogen) atoms. The molecule has 3 aromatic rings. The van der Waals surface area contributed by atoms with Gasteiger partial charge < -0.3 is 10.1 Å². The molecule has 0 saturated carbocycles. The molecule has 3 rings (SSSR count). The maximum atomic E-state index is 12.1. The van der Waals surface area contributed by atoms with Crippen molar-refractivity contribution in [1.29, 1.82) is 0 Å². The summed E-state index contributed by atoms with van der Waals surface area (Å²) in [5.74, 6) is 1.35. The van der Waals surface area contributed by atoms with Crippen molar-refractivity contribution in [3.8, 4) is 5.75 Å². The van der Waals surface area contributed by atoms with Gasteiger partial charge in [-0.1, -0.05) is 29.8 Å². The van der Waals surface area contributed by atoms with Crippen LogP contribution in [0.25, 0.3) is 10.9 Å². The molecule has 6 heteroatoms. The summed E-state index contributed by atoms with van der Waals surface area (Å²) < 4.78 is 5.41. The minimum absolute atomic E-state index is 0.0464. The number of methoxy groups -OCH3 is 1. The van der Waals surface area contributed by atoms with Gasteiger partial charge in [-0.3, -0.25) is 4.79 Å². The SMILES string of the molecule is COc1cccc2c(C)cc(SCCC(=O)Nc3cccc(Cl)c3)nc12. The molecular weight excluding hydrogens is 368 g/mol. The Morgan fingerprint density at radius 2 is 2.04 bits per heavy atom. The highest BCUT2D eigenvalue weighted by Crippen LogP contribution is 2.29. The lowest BCUT2D eigenvalue weighted by Gasteiger charge is -2.09. The van der Waals surface area contributed by atoms with Gasteiger partial charge in [0, 0.05) is 28.3 Å². The summed E-state index contributed by atoms with van der Waals surface area (Å²) in [6.45, 7) is 2.05. The molecule has 134 valence electrons. The van der Waals surface area contributed by atoms with Crippen LogP contribution in [0.1, 0.15) is 12.0 Å². The molecule has 0 atom stereocenters. The Morgan fingerprint density at radius 1 is 1.23 bits per heavy atom. The number of nitrogens with zero attached hydrogens (tertiary/aromatic N) is 1. The number of nitrogens with one attached hydrogen (secondary N) is 1. The molecular formula is C20H19ClN2O2S. The topological polar surface area (TPSA) is 51.2 Å². The summed E-state index contributed by atoms with van der Waals surface area (Å²) in [5, 5.41) is 5.41. The van der Waals surface area contributed by atoms with Crippen LogP contribution in [0.3, 0.4) is 0 Å². The first kappa shape index (κ1) is 18.5. The zero-order valence-electron chi connectivity index (χ0n) is 14.6. The molecule has 2 aromatic carbocycles. The maximum absolute atomic E-state index is 12.1. The van der Waals surface area contributed by atoms with Crippen molar-refractivity contribution in [1.82, 2.24) is 4.98 Å². The van der Waals surface area contributed by atoms with E-state index in [4.69, 9.17) is 16.3 Å². The van der Waals surface area contributed by atoms with Crippen LogP contribution in [0, 0.1) is 6.92 Å². The van der Waals surface area contributed by atoms with Crippen LogP contribution in [0.4, 0.5) is 5.69 Å². The number of thioether (sulfide) groups is 1. The monoisotopic (exact) mass is 386 g/mol. The van der Waals surface area contributed by atoms with Crippen molar-refractivity contribution in [2.24, 2.45) is 0 Å². The van der Waals surface area contributed by atoms with E-state index >= 15 is 0 Å². The number of fused-ring (bicyclic) bond motifs is 1. The highest BCUT2D eigenvalue weighted by Gasteiger charge is 2.09. The Hall–Kier alpha value is -2.24. The molecule has 0 spiro atoms. The molecule has 0 fully saturated rings. The highest BCUT2D eigenvalue weighted by molar-refractivity contribution is 7.99. The smallest absolute Gasteiger partial charge is 0.225 e. The van der Waals surface area contributed by atoms with E-state index in [0.717, 1.165) is 27.2 Å². The van der Waals surface area contributed by atoms with E-state index in [0.29, 0.717) is 22.9 Å². The number of carbonyl (C=O) groups is 1. The van der Waals surface area contributed by atoms with Gasteiger partial charge in [-0.15, -0.1) is 11.8 Å². The number of aryl methyl sites for hydroxylation is 1. The fourth-order valence-electron chi connectivity index (χ4n) is 2.64. The summed E-state index contributed by atoms with van der Waals surface area (Å²) in [6, 6.07) is 15.1. The fraction of sp³-hybridized carbons (Fsp3) is 0.200. The molecule has 0 unspecified atom stereocenters. The van der Waals surface area contributed by atoms with Crippen LogP contribution >= 0.6 is 23.4 Å². The van der Waals surface area contributed by atoms with Crippen molar-refractivity contribution in [2.75, 3.05) is 18.2 Å². The van der Waals surface area contributed by atoms with Crippen LogP contribution in [0.2, 0.25) is 5.02 Å². The number of hydrogen-bond acceptors (Lipinski definition) is 4. The third kappa shape index (κ3) is 4.48. The summed E-state index contributed by atoms with van der Waals surface area (Å²) in [5.41, 5.74) is 2.69. The normalized spacial score (nSPS) is 10.7. The first-order valence-corrected chi connectivity index (χ1v) is 9.56. The predicted molar refractivity (Wildman–Crippen MR) is 108 cm³/mol. The summed E-state index contributed by atoms with van der Waals surface area (Å²) >= 11 is 7.48. The Balaban J connectivity index is 1.63. The third-order valence-electron chi connectivity index (χ3n) is 3.89. The Labute approximate surface area is 161 Å². The standard InChI is InChI=1S/C20H19ClN2O2S/c1-13-11-19(23-20-16(13)7-4-8-17(20)25-2)26-10-9-18(24)22-15-6-3-5-14(21)12-15/h3-8,11-12H,9-10H2,1-2H3,(H,22,24). The number of benzene rings is 2. The minimum Gasteiger partial charge on any atom is -0.494 e. The Bertz CT molecular complexity index is 946. The zero-order valence-corrected chi connectivity index (χ0v) is 16.2. The van der Waals surface area contributed by atoms with Crippen molar-refractivity contribution in [2.45, 2.75) is 18.4 Å². The average molecular weight is 387 g/mol. The van der Waals surface area contributed by atoms with E-state index in [1.54, 1.807) is 31.0 Å². The van der Waals surface area contributed by atoms with Gasteiger partial charge in [0.25, 0.3) is 0 Å². The molecule has 0 aliphatic rings. The number of para-hydroxylation sites is 1. The molecule has 0 aliphatic heterocycles. The summed E-state index contributed by atoms with van der Waals surface area (Å²) in [7, 11) is 1.64. The molecule has 0 aliphatic carbocycles. The summed E-state index contributed by atoms with van der Waals surface area (Å²) in [4.78, 5) is 16.8. The maximum Gasteiger partial charge on any atom is 0.225 e. The molecule has 1 aromatic heterocycles. The highest BCUT2D eigenvalue weighted by atomic mass is 35.5. The lowest BCUT2D eigenvalue weighted by Crippen LogP contribution is -2.12. The molecule has 1 amide bonds. The largest absolute Gasteiger partial charge is 0.494 e.